The van der Waals surface area contributed by atoms with Crippen molar-refractivity contribution in [2.45, 2.75) is 26.2 Å². The van der Waals surface area contributed by atoms with Crippen LogP contribution in [0.25, 0.3) is 0 Å². The lowest BCUT2D eigenvalue weighted by Crippen LogP contribution is -2.41. The number of hydrogen-bond acceptors (Lipinski definition) is 5. The van der Waals surface area contributed by atoms with Gasteiger partial charge in [-0.3, -0.25) is 9.59 Å². The Bertz CT molecular complexity index is 739. The Hall–Kier alpha value is -2.41. The first-order valence-electron chi connectivity index (χ1n) is 8.81. The first-order valence-corrected chi connectivity index (χ1v) is 9.62. The molecule has 2 aromatic rings. The Morgan fingerprint density at radius 2 is 2.00 bits per heavy atom. The first kappa shape index (κ1) is 18.4. The number of carbonyl (C=O) groups excluding carboxylic acids is 2. The predicted molar refractivity (Wildman–Crippen MR) is 101 cm³/mol. The molecule has 0 unspecified atom stereocenters. The number of nitrogens with zero attached hydrogens (tertiary/aromatic N) is 2. The number of para-hydroxylation sites is 1. The number of piperidine rings is 1. The maximum atomic E-state index is 12.3. The number of ether oxygens (including phenoxy) is 1. The molecule has 1 saturated heterocycles. The lowest BCUT2D eigenvalue weighted by atomic mass is 9.96. The standard InChI is InChI=1S/C19H23N3O3S/c1-14-13-20-19(26-14)21-18(24)15-7-10-22(11-8-15)17(23)9-12-25-16-5-3-2-4-6-16/h2-6,13,15H,7-12H2,1H3,(H,20,21,24). The van der Waals surface area contributed by atoms with Gasteiger partial charge >= 0.3 is 0 Å². The monoisotopic (exact) mass is 373 g/mol. The minimum absolute atomic E-state index is 0.00106. The molecule has 6 nitrogen and oxygen atoms in total. The molecule has 138 valence electrons. The van der Waals surface area contributed by atoms with Crippen molar-refractivity contribution in [1.82, 2.24) is 9.88 Å². The van der Waals surface area contributed by atoms with Gasteiger partial charge in [0, 0.05) is 30.1 Å². The molecule has 1 aliphatic rings. The molecule has 0 aliphatic carbocycles. The van der Waals surface area contributed by atoms with E-state index < -0.39 is 0 Å². The molecule has 0 saturated carbocycles. The summed E-state index contributed by atoms with van der Waals surface area (Å²) in [7, 11) is 0. The van der Waals surface area contributed by atoms with Gasteiger partial charge < -0.3 is 15.0 Å². The van der Waals surface area contributed by atoms with E-state index in [-0.39, 0.29) is 17.7 Å². The Balaban J connectivity index is 1.38. The van der Waals surface area contributed by atoms with Crippen LogP contribution >= 0.6 is 11.3 Å². The van der Waals surface area contributed by atoms with Crippen LogP contribution in [0.15, 0.2) is 36.5 Å². The molecule has 1 aromatic heterocycles. The third-order valence-corrected chi connectivity index (χ3v) is 5.23. The van der Waals surface area contributed by atoms with Crippen LogP contribution in [-0.4, -0.2) is 41.4 Å². The van der Waals surface area contributed by atoms with Gasteiger partial charge in [0.15, 0.2) is 5.13 Å². The molecule has 1 fully saturated rings. The Morgan fingerprint density at radius 3 is 2.65 bits per heavy atom. The molecular weight excluding hydrogens is 350 g/mol. The molecule has 2 amide bonds. The summed E-state index contributed by atoms with van der Waals surface area (Å²) in [5.74, 6) is 0.783. The molecule has 26 heavy (non-hydrogen) atoms. The summed E-state index contributed by atoms with van der Waals surface area (Å²) < 4.78 is 5.58. The molecule has 0 radical (unpaired) electrons. The largest absolute Gasteiger partial charge is 0.493 e. The Morgan fingerprint density at radius 1 is 1.27 bits per heavy atom. The second-order valence-electron chi connectivity index (χ2n) is 6.33. The maximum absolute atomic E-state index is 12.3. The van der Waals surface area contributed by atoms with Gasteiger partial charge in [0.05, 0.1) is 13.0 Å². The van der Waals surface area contributed by atoms with Gasteiger partial charge in [-0.2, -0.15) is 0 Å². The minimum atomic E-state index is -0.0659. The number of benzene rings is 1. The number of aromatic nitrogens is 1. The van der Waals surface area contributed by atoms with Gasteiger partial charge in [-0.1, -0.05) is 18.2 Å². The van der Waals surface area contributed by atoms with Crippen molar-refractivity contribution in [2.75, 3.05) is 25.0 Å². The van der Waals surface area contributed by atoms with Gasteiger partial charge in [-0.15, -0.1) is 11.3 Å². The number of likely N-dealkylation sites (tertiary alicyclic amines) is 1. The number of carbonyl (C=O) groups is 2. The number of rotatable bonds is 6. The third kappa shape index (κ3) is 5.05. The van der Waals surface area contributed by atoms with Gasteiger partial charge in [-0.25, -0.2) is 4.98 Å². The molecule has 7 heteroatoms. The van der Waals surface area contributed by atoms with E-state index in [0.717, 1.165) is 10.6 Å². The number of thiazole rings is 1. The van der Waals surface area contributed by atoms with E-state index in [2.05, 4.69) is 10.3 Å². The van der Waals surface area contributed by atoms with Crippen molar-refractivity contribution in [1.29, 1.82) is 0 Å². The fourth-order valence-electron chi connectivity index (χ4n) is 2.94. The van der Waals surface area contributed by atoms with Crippen LogP contribution in [0.3, 0.4) is 0 Å². The predicted octanol–water partition coefficient (Wildman–Crippen LogP) is 3.10. The molecule has 0 spiro atoms. The van der Waals surface area contributed by atoms with Gasteiger partial charge in [0.1, 0.15) is 5.75 Å². The van der Waals surface area contributed by atoms with E-state index in [1.165, 1.54) is 11.3 Å². The molecule has 0 atom stereocenters. The number of amides is 2. The van der Waals surface area contributed by atoms with Crippen molar-refractivity contribution in [3.8, 4) is 5.75 Å². The summed E-state index contributed by atoms with van der Waals surface area (Å²) in [6.07, 6.45) is 3.46. The quantitative estimate of drug-likeness (QED) is 0.845. The van der Waals surface area contributed by atoms with Crippen molar-refractivity contribution >= 4 is 28.3 Å². The summed E-state index contributed by atoms with van der Waals surface area (Å²) in [5.41, 5.74) is 0. The average Bonchev–Trinajstić information content (AvgIpc) is 3.07. The molecule has 1 aromatic carbocycles. The highest BCUT2D eigenvalue weighted by atomic mass is 32.1. The van der Waals surface area contributed by atoms with Crippen molar-refractivity contribution in [3.05, 3.63) is 41.4 Å². The molecule has 0 bridgehead atoms. The van der Waals surface area contributed by atoms with E-state index in [0.29, 0.717) is 44.1 Å². The highest BCUT2D eigenvalue weighted by molar-refractivity contribution is 7.15. The Kier molecular flexibility index (Phi) is 6.22. The molecule has 1 N–H and O–H groups in total. The normalized spacial score (nSPS) is 14.9. The molecule has 3 rings (SSSR count). The summed E-state index contributed by atoms with van der Waals surface area (Å²) >= 11 is 1.47. The van der Waals surface area contributed by atoms with E-state index in [4.69, 9.17) is 4.74 Å². The highest BCUT2D eigenvalue weighted by Crippen LogP contribution is 2.22. The lowest BCUT2D eigenvalue weighted by molar-refractivity contribution is -0.135. The lowest BCUT2D eigenvalue weighted by Gasteiger charge is -2.31. The Labute approximate surface area is 157 Å². The number of hydrogen-bond donors (Lipinski definition) is 1. The number of anilines is 1. The van der Waals surface area contributed by atoms with Gasteiger partial charge in [0.2, 0.25) is 11.8 Å². The highest BCUT2D eigenvalue weighted by Gasteiger charge is 2.27. The van der Waals surface area contributed by atoms with E-state index in [9.17, 15) is 9.59 Å². The number of nitrogens with one attached hydrogen (secondary N) is 1. The van der Waals surface area contributed by atoms with E-state index >= 15 is 0 Å². The topological polar surface area (TPSA) is 71.5 Å². The summed E-state index contributed by atoms with van der Waals surface area (Å²) in [6, 6.07) is 9.48. The summed E-state index contributed by atoms with van der Waals surface area (Å²) in [4.78, 5) is 31.7. The zero-order valence-electron chi connectivity index (χ0n) is 14.8. The second-order valence-corrected chi connectivity index (χ2v) is 7.57. The second kappa shape index (κ2) is 8.80. The van der Waals surface area contributed by atoms with Crippen molar-refractivity contribution in [2.24, 2.45) is 5.92 Å². The van der Waals surface area contributed by atoms with Crippen LogP contribution < -0.4 is 10.1 Å². The third-order valence-electron chi connectivity index (χ3n) is 4.40. The molecular formula is C19H23N3O3S. The van der Waals surface area contributed by atoms with Crippen molar-refractivity contribution in [3.63, 3.8) is 0 Å². The fourth-order valence-corrected chi connectivity index (χ4v) is 3.61. The number of aryl methyl sites for hydroxylation is 1. The van der Waals surface area contributed by atoms with Crippen LogP contribution in [0.5, 0.6) is 5.75 Å². The fraction of sp³-hybridized carbons (Fsp3) is 0.421. The van der Waals surface area contributed by atoms with E-state index in [1.807, 2.05) is 42.2 Å². The van der Waals surface area contributed by atoms with Crippen molar-refractivity contribution < 1.29 is 14.3 Å². The van der Waals surface area contributed by atoms with Crippen LogP contribution in [0.2, 0.25) is 0 Å². The van der Waals surface area contributed by atoms with Gasteiger partial charge in [0.25, 0.3) is 0 Å². The first-order chi connectivity index (χ1) is 12.6. The van der Waals surface area contributed by atoms with Crippen LogP contribution in [-0.2, 0) is 9.59 Å². The summed E-state index contributed by atoms with van der Waals surface area (Å²) in [6.45, 7) is 3.55. The molecule has 2 heterocycles. The zero-order valence-corrected chi connectivity index (χ0v) is 15.6. The smallest absolute Gasteiger partial charge is 0.229 e. The SMILES string of the molecule is Cc1cnc(NC(=O)C2CCN(C(=O)CCOc3ccccc3)CC2)s1. The van der Waals surface area contributed by atoms with Crippen LogP contribution in [0.4, 0.5) is 5.13 Å². The minimum Gasteiger partial charge on any atom is -0.493 e. The molecule has 1 aliphatic heterocycles. The van der Waals surface area contributed by atoms with Gasteiger partial charge in [-0.05, 0) is 31.9 Å². The van der Waals surface area contributed by atoms with Crippen LogP contribution in [0, 0.1) is 12.8 Å². The maximum Gasteiger partial charge on any atom is 0.229 e. The van der Waals surface area contributed by atoms with E-state index in [1.54, 1.807) is 6.20 Å². The van der Waals surface area contributed by atoms with Crippen LogP contribution in [0.1, 0.15) is 24.1 Å². The zero-order chi connectivity index (χ0) is 18.4. The average molecular weight is 373 g/mol. The summed E-state index contributed by atoms with van der Waals surface area (Å²) in [5, 5.41) is 3.52.